The molecule has 0 unspecified atom stereocenters. The lowest BCUT2D eigenvalue weighted by Gasteiger charge is -2.37. The molecule has 3 rings (SSSR count). The van der Waals surface area contributed by atoms with Crippen LogP contribution in [0.4, 0.5) is 5.69 Å². The SMILES string of the molecule is Cc1cccc(N2CCN(C(=O)CN(C)S(=O)(=O)c3ccccc3)CC2)c1C. The third-order valence-electron chi connectivity index (χ3n) is 5.36. The van der Waals surface area contributed by atoms with Crippen LogP contribution in [-0.2, 0) is 14.8 Å². The van der Waals surface area contributed by atoms with Gasteiger partial charge in [0.1, 0.15) is 0 Å². The second-order valence-corrected chi connectivity index (χ2v) is 9.21. The molecule has 0 spiro atoms. The molecule has 0 atom stereocenters. The van der Waals surface area contributed by atoms with Gasteiger partial charge in [0.2, 0.25) is 15.9 Å². The smallest absolute Gasteiger partial charge is 0.243 e. The van der Waals surface area contributed by atoms with E-state index in [1.54, 1.807) is 35.2 Å². The summed E-state index contributed by atoms with van der Waals surface area (Å²) in [5, 5.41) is 0. The first kappa shape index (κ1) is 20.4. The molecule has 150 valence electrons. The van der Waals surface area contributed by atoms with E-state index < -0.39 is 10.0 Å². The van der Waals surface area contributed by atoms with Crippen LogP contribution in [0.25, 0.3) is 0 Å². The van der Waals surface area contributed by atoms with Gasteiger partial charge >= 0.3 is 0 Å². The number of carbonyl (C=O) groups excluding carboxylic acids is 1. The number of anilines is 1. The second-order valence-electron chi connectivity index (χ2n) is 7.16. The maximum absolute atomic E-state index is 12.7. The van der Waals surface area contributed by atoms with Crippen molar-refractivity contribution in [2.45, 2.75) is 18.7 Å². The number of aryl methyl sites for hydroxylation is 1. The standard InChI is InChI=1S/C21H27N3O3S/c1-17-8-7-11-20(18(17)2)23-12-14-24(15-13-23)21(25)16-22(3)28(26,27)19-9-5-4-6-10-19/h4-11H,12-16H2,1-3H3. The van der Waals surface area contributed by atoms with E-state index >= 15 is 0 Å². The Labute approximate surface area is 167 Å². The first-order valence-corrected chi connectivity index (χ1v) is 10.8. The van der Waals surface area contributed by atoms with E-state index in [0.29, 0.717) is 13.1 Å². The van der Waals surface area contributed by atoms with Crippen molar-refractivity contribution in [3.63, 3.8) is 0 Å². The lowest BCUT2D eigenvalue weighted by atomic mass is 10.1. The molecule has 0 bridgehead atoms. The number of benzene rings is 2. The van der Waals surface area contributed by atoms with Crippen molar-refractivity contribution in [3.05, 3.63) is 59.7 Å². The Morgan fingerprint density at radius 2 is 1.61 bits per heavy atom. The number of rotatable bonds is 5. The fourth-order valence-electron chi connectivity index (χ4n) is 3.42. The van der Waals surface area contributed by atoms with Gasteiger partial charge in [0.05, 0.1) is 11.4 Å². The zero-order chi connectivity index (χ0) is 20.3. The molecule has 6 nitrogen and oxygen atoms in total. The van der Waals surface area contributed by atoms with Gasteiger partial charge in [-0.2, -0.15) is 4.31 Å². The molecule has 1 amide bonds. The predicted octanol–water partition coefficient (Wildman–Crippen LogP) is 2.27. The van der Waals surface area contributed by atoms with Gasteiger partial charge in [-0.05, 0) is 43.2 Å². The van der Waals surface area contributed by atoms with Crippen LogP contribution < -0.4 is 4.90 Å². The van der Waals surface area contributed by atoms with E-state index in [0.717, 1.165) is 17.4 Å². The minimum absolute atomic E-state index is 0.152. The number of hydrogen-bond acceptors (Lipinski definition) is 4. The van der Waals surface area contributed by atoms with Crippen molar-refractivity contribution >= 4 is 21.6 Å². The number of nitrogens with zero attached hydrogens (tertiary/aromatic N) is 3. The molecule has 0 radical (unpaired) electrons. The molecular weight excluding hydrogens is 374 g/mol. The molecular formula is C21H27N3O3S. The molecule has 2 aromatic rings. The quantitative estimate of drug-likeness (QED) is 0.771. The molecule has 1 heterocycles. The maximum Gasteiger partial charge on any atom is 0.243 e. The minimum Gasteiger partial charge on any atom is -0.368 e. The Morgan fingerprint density at radius 3 is 2.25 bits per heavy atom. The van der Waals surface area contributed by atoms with Crippen molar-refractivity contribution in [3.8, 4) is 0 Å². The highest BCUT2D eigenvalue weighted by Crippen LogP contribution is 2.24. The Hall–Kier alpha value is -2.38. The van der Waals surface area contributed by atoms with Gasteiger partial charge in [-0.25, -0.2) is 8.42 Å². The number of amides is 1. The monoisotopic (exact) mass is 401 g/mol. The first-order chi connectivity index (χ1) is 13.3. The van der Waals surface area contributed by atoms with Crippen molar-refractivity contribution in [1.29, 1.82) is 0 Å². The highest BCUT2D eigenvalue weighted by Gasteiger charge is 2.27. The molecule has 0 saturated carbocycles. The average Bonchev–Trinajstić information content (AvgIpc) is 2.70. The summed E-state index contributed by atoms with van der Waals surface area (Å²) in [5.41, 5.74) is 3.72. The molecule has 0 aliphatic carbocycles. The van der Waals surface area contributed by atoms with E-state index in [1.807, 2.05) is 0 Å². The third kappa shape index (κ3) is 4.20. The number of piperazine rings is 1. The van der Waals surface area contributed by atoms with Crippen LogP contribution in [0.1, 0.15) is 11.1 Å². The predicted molar refractivity (Wildman–Crippen MR) is 111 cm³/mol. The highest BCUT2D eigenvalue weighted by atomic mass is 32.2. The van der Waals surface area contributed by atoms with Gasteiger partial charge in [-0.15, -0.1) is 0 Å². The molecule has 2 aromatic carbocycles. The minimum atomic E-state index is -3.66. The third-order valence-corrected chi connectivity index (χ3v) is 7.18. The second kappa shape index (κ2) is 8.32. The Bertz CT molecular complexity index is 937. The fourth-order valence-corrected chi connectivity index (χ4v) is 4.56. The van der Waals surface area contributed by atoms with Crippen molar-refractivity contribution in [2.24, 2.45) is 0 Å². The molecule has 1 aliphatic rings. The summed E-state index contributed by atoms with van der Waals surface area (Å²) < 4.78 is 26.3. The maximum atomic E-state index is 12.7. The van der Waals surface area contributed by atoms with Gasteiger partial charge in [0.15, 0.2) is 0 Å². The topological polar surface area (TPSA) is 60.9 Å². The number of carbonyl (C=O) groups is 1. The fraction of sp³-hybridized carbons (Fsp3) is 0.381. The molecule has 28 heavy (non-hydrogen) atoms. The lowest BCUT2D eigenvalue weighted by Crippen LogP contribution is -2.51. The zero-order valence-corrected chi connectivity index (χ0v) is 17.4. The highest BCUT2D eigenvalue weighted by molar-refractivity contribution is 7.89. The molecule has 7 heteroatoms. The van der Waals surface area contributed by atoms with Crippen LogP contribution in [0, 0.1) is 13.8 Å². The largest absolute Gasteiger partial charge is 0.368 e. The number of hydrogen-bond donors (Lipinski definition) is 0. The van der Waals surface area contributed by atoms with E-state index in [-0.39, 0.29) is 17.3 Å². The summed E-state index contributed by atoms with van der Waals surface area (Å²) in [6.07, 6.45) is 0. The van der Waals surface area contributed by atoms with E-state index in [2.05, 4.69) is 36.9 Å². The lowest BCUT2D eigenvalue weighted by molar-refractivity contribution is -0.131. The zero-order valence-electron chi connectivity index (χ0n) is 16.6. The molecule has 1 saturated heterocycles. The summed E-state index contributed by atoms with van der Waals surface area (Å²) >= 11 is 0. The van der Waals surface area contributed by atoms with Crippen LogP contribution in [0.2, 0.25) is 0 Å². The molecule has 0 aromatic heterocycles. The van der Waals surface area contributed by atoms with Crippen LogP contribution in [0.3, 0.4) is 0 Å². The summed E-state index contributed by atoms with van der Waals surface area (Å²) in [5.74, 6) is -0.164. The Kier molecular flexibility index (Phi) is 6.05. The van der Waals surface area contributed by atoms with E-state index in [1.165, 1.54) is 23.9 Å². The van der Waals surface area contributed by atoms with E-state index in [9.17, 15) is 13.2 Å². The number of sulfonamides is 1. The average molecular weight is 402 g/mol. The van der Waals surface area contributed by atoms with Crippen LogP contribution in [-0.4, -0.2) is 63.3 Å². The van der Waals surface area contributed by atoms with Crippen molar-refractivity contribution in [2.75, 3.05) is 44.7 Å². The van der Waals surface area contributed by atoms with Crippen molar-refractivity contribution < 1.29 is 13.2 Å². The molecule has 0 N–H and O–H groups in total. The number of likely N-dealkylation sites (N-methyl/N-ethyl adjacent to an activating group) is 1. The Balaban J connectivity index is 1.60. The van der Waals surface area contributed by atoms with Gasteiger partial charge in [-0.3, -0.25) is 4.79 Å². The summed E-state index contributed by atoms with van der Waals surface area (Å²) in [6.45, 7) is 6.72. The first-order valence-electron chi connectivity index (χ1n) is 9.41. The van der Waals surface area contributed by atoms with Gasteiger partial charge in [-0.1, -0.05) is 30.3 Å². The van der Waals surface area contributed by atoms with Gasteiger partial charge < -0.3 is 9.80 Å². The van der Waals surface area contributed by atoms with Gasteiger partial charge in [0.25, 0.3) is 0 Å². The Morgan fingerprint density at radius 1 is 0.964 bits per heavy atom. The normalized spacial score (nSPS) is 15.1. The van der Waals surface area contributed by atoms with E-state index in [4.69, 9.17) is 0 Å². The summed E-state index contributed by atoms with van der Waals surface area (Å²) in [7, 11) is -2.21. The van der Waals surface area contributed by atoms with Crippen LogP contribution in [0.15, 0.2) is 53.4 Å². The summed E-state index contributed by atoms with van der Waals surface area (Å²) in [6, 6.07) is 14.5. The van der Waals surface area contributed by atoms with Gasteiger partial charge in [0, 0.05) is 38.9 Å². The van der Waals surface area contributed by atoms with Crippen molar-refractivity contribution in [1.82, 2.24) is 9.21 Å². The summed E-state index contributed by atoms with van der Waals surface area (Å²) in [4.78, 5) is 16.9. The van der Waals surface area contributed by atoms with Crippen LogP contribution in [0.5, 0.6) is 0 Å². The van der Waals surface area contributed by atoms with Crippen LogP contribution >= 0.6 is 0 Å². The molecule has 1 aliphatic heterocycles. The molecule has 1 fully saturated rings.